The summed E-state index contributed by atoms with van der Waals surface area (Å²) in [6.07, 6.45) is 7.94. The standard InChI is InChI=1S/C14H19N5S/c1-18(2)13-9-15-8-11(17-13)12-4-3-6-19(12)10-14-16-5-7-20-14/h5,7-9,12H,3-4,6,10H2,1-2H3/t12-/m0/s1. The fraction of sp³-hybridized carbons (Fsp3) is 0.500. The maximum atomic E-state index is 4.74. The van der Waals surface area contributed by atoms with E-state index in [1.165, 1.54) is 11.4 Å². The molecule has 1 atom stereocenters. The summed E-state index contributed by atoms with van der Waals surface area (Å²) >= 11 is 1.72. The summed E-state index contributed by atoms with van der Waals surface area (Å²) in [5.41, 5.74) is 1.07. The Balaban J connectivity index is 1.79. The summed E-state index contributed by atoms with van der Waals surface area (Å²) < 4.78 is 0. The largest absolute Gasteiger partial charge is 0.361 e. The van der Waals surface area contributed by atoms with Gasteiger partial charge in [-0.25, -0.2) is 9.97 Å². The summed E-state index contributed by atoms with van der Waals surface area (Å²) in [6.45, 7) is 2.02. The van der Waals surface area contributed by atoms with Gasteiger partial charge in [0.1, 0.15) is 10.8 Å². The zero-order valence-corrected chi connectivity index (χ0v) is 12.7. The van der Waals surface area contributed by atoms with Crippen LogP contribution in [0.4, 0.5) is 5.82 Å². The molecule has 0 amide bonds. The third kappa shape index (κ3) is 2.81. The maximum absolute atomic E-state index is 4.74. The highest BCUT2D eigenvalue weighted by atomic mass is 32.1. The molecule has 1 aliphatic rings. The van der Waals surface area contributed by atoms with E-state index in [1.54, 1.807) is 11.3 Å². The average Bonchev–Trinajstić information content (AvgIpc) is 3.11. The van der Waals surface area contributed by atoms with Crippen LogP contribution in [0.2, 0.25) is 0 Å². The van der Waals surface area contributed by atoms with E-state index in [0.717, 1.165) is 31.0 Å². The van der Waals surface area contributed by atoms with Gasteiger partial charge < -0.3 is 4.90 Å². The lowest BCUT2D eigenvalue weighted by Gasteiger charge is -2.23. The van der Waals surface area contributed by atoms with Gasteiger partial charge >= 0.3 is 0 Å². The van der Waals surface area contributed by atoms with Gasteiger partial charge in [-0.1, -0.05) is 0 Å². The molecule has 1 fully saturated rings. The van der Waals surface area contributed by atoms with Crippen LogP contribution in [0.1, 0.15) is 29.6 Å². The van der Waals surface area contributed by atoms with Gasteiger partial charge in [-0.05, 0) is 19.4 Å². The SMILES string of the molecule is CN(C)c1cncc([C@@H]2CCCN2Cc2nccs2)n1. The van der Waals surface area contributed by atoms with Gasteiger partial charge in [0.05, 0.1) is 30.7 Å². The van der Waals surface area contributed by atoms with Crippen molar-refractivity contribution in [2.75, 3.05) is 25.5 Å². The van der Waals surface area contributed by atoms with E-state index < -0.39 is 0 Å². The van der Waals surface area contributed by atoms with Crippen LogP contribution in [-0.2, 0) is 6.54 Å². The predicted molar refractivity (Wildman–Crippen MR) is 80.9 cm³/mol. The Morgan fingerprint density at radius 2 is 2.30 bits per heavy atom. The van der Waals surface area contributed by atoms with Crippen LogP contribution in [0.3, 0.4) is 0 Å². The molecule has 0 aliphatic carbocycles. The molecule has 20 heavy (non-hydrogen) atoms. The van der Waals surface area contributed by atoms with Crippen LogP contribution in [-0.4, -0.2) is 40.5 Å². The van der Waals surface area contributed by atoms with Crippen molar-refractivity contribution in [3.05, 3.63) is 34.7 Å². The Kier molecular flexibility index (Phi) is 3.93. The van der Waals surface area contributed by atoms with Crippen LogP contribution >= 0.6 is 11.3 Å². The molecule has 0 aromatic carbocycles. The number of hydrogen-bond donors (Lipinski definition) is 0. The first-order valence-electron chi connectivity index (χ1n) is 6.86. The smallest absolute Gasteiger partial charge is 0.146 e. The van der Waals surface area contributed by atoms with Crippen molar-refractivity contribution in [3.63, 3.8) is 0 Å². The first-order chi connectivity index (χ1) is 9.74. The highest BCUT2D eigenvalue weighted by molar-refractivity contribution is 7.09. The molecule has 0 radical (unpaired) electrons. The Hall–Kier alpha value is -1.53. The lowest BCUT2D eigenvalue weighted by molar-refractivity contribution is 0.243. The molecule has 0 N–H and O–H groups in total. The molecule has 0 bridgehead atoms. The van der Waals surface area contributed by atoms with Crippen molar-refractivity contribution in [2.45, 2.75) is 25.4 Å². The third-order valence-corrected chi connectivity index (χ3v) is 4.39. The molecular weight excluding hydrogens is 270 g/mol. The Labute approximate surface area is 123 Å². The van der Waals surface area contributed by atoms with E-state index in [4.69, 9.17) is 4.98 Å². The third-order valence-electron chi connectivity index (χ3n) is 3.63. The Morgan fingerprint density at radius 1 is 1.40 bits per heavy atom. The molecule has 6 heteroatoms. The second-order valence-corrected chi connectivity index (χ2v) is 6.23. The Bertz CT molecular complexity index is 554. The summed E-state index contributed by atoms with van der Waals surface area (Å²) in [7, 11) is 3.99. The van der Waals surface area contributed by atoms with Crippen molar-refractivity contribution < 1.29 is 0 Å². The fourth-order valence-electron chi connectivity index (χ4n) is 2.60. The molecule has 0 saturated carbocycles. The van der Waals surface area contributed by atoms with Crippen LogP contribution in [0.5, 0.6) is 0 Å². The van der Waals surface area contributed by atoms with Crippen LogP contribution in [0.25, 0.3) is 0 Å². The molecule has 2 aromatic heterocycles. The lowest BCUT2D eigenvalue weighted by Crippen LogP contribution is -2.24. The Morgan fingerprint density at radius 3 is 3.05 bits per heavy atom. The number of anilines is 1. The number of hydrogen-bond acceptors (Lipinski definition) is 6. The maximum Gasteiger partial charge on any atom is 0.146 e. The van der Waals surface area contributed by atoms with E-state index in [0.29, 0.717) is 6.04 Å². The highest BCUT2D eigenvalue weighted by Gasteiger charge is 2.28. The molecule has 106 valence electrons. The van der Waals surface area contributed by atoms with Gasteiger partial charge in [0, 0.05) is 25.7 Å². The molecule has 2 aromatic rings. The zero-order valence-electron chi connectivity index (χ0n) is 11.9. The topological polar surface area (TPSA) is 45.2 Å². The van der Waals surface area contributed by atoms with E-state index in [2.05, 4.69) is 14.9 Å². The second kappa shape index (κ2) is 5.85. The first-order valence-corrected chi connectivity index (χ1v) is 7.73. The van der Waals surface area contributed by atoms with Gasteiger partial charge in [-0.3, -0.25) is 9.88 Å². The minimum absolute atomic E-state index is 0.367. The summed E-state index contributed by atoms with van der Waals surface area (Å²) in [5, 5.41) is 3.21. The molecule has 3 rings (SSSR count). The number of aromatic nitrogens is 3. The van der Waals surface area contributed by atoms with Crippen molar-refractivity contribution in [1.29, 1.82) is 0 Å². The van der Waals surface area contributed by atoms with E-state index in [1.807, 2.05) is 43.0 Å². The minimum atomic E-state index is 0.367. The molecule has 0 unspecified atom stereocenters. The van der Waals surface area contributed by atoms with E-state index in [9.17, 15) is 0 Å². The van der Waals surface area contributed by atoms with Gasteiger partial charge in [0.15, 0.2) is 0 Å². The molecule has 0 spiro atoms. The van der Waals surface area contributed by atoms with Gasteiger partial charge in [-0.15, -0.1) is 11.3 Å². The van der Waals surface area contributed by atoms with Gasteiger partial charge in [0.25, 0.3) is 0 Å². The van der Waals surface area contributed by atoms with Crippen molar-refractivity contribution in [1.82, 2.24) is 19.9 Å². The number of rotatable bonds is 4. The molecule has 3 heterocycles. The van der Waals surface area contributed by atoms with Crippen molar-refractivity contribution in [3.8, 4) is 0 Å². The van der Waals surface area contributed by atoms with Crippen LogP contribution < -0.4 is 4.90 Å². The lowest BCUT2D eigenvalue weighted by atomic mass is 10.1. The first kappa shape index (κ1) is 13.5. The van der Waals surface area contributed by atoms with Gasteiger partial charge in [-0.2, -0.15) is 0 Å². The fourth-order valence-corrected chi connectivity index (χ4v) is 3.24. The predicted octanol–water partition coefficient (Wildman–Crippen LogP) is 2.34. The monoisotopic (exact) mass is 289 g/mol. The van der Waals surface area contributed by atoms with Gasteiger partial charge in [0.2, 0.25) is 0 Å². The van der Waals surface area contributed by atoms with E-state index >= 15 is 0 Å². The zero-order chi connectivity index (χ0) is 13.9. The molecule has 5 nitrogen and oxygen atoms in total. The normalized spacial score (nSPS) is 19.4. The molecular formula is C14H19N5S. The number of likely N-dealkylation sites (tertiary alicyclic amines) is 1. The summed E-state index contributed by atoms with van der Waals surface area (Å²) in [4.78, 5) is 17.9. The van der Waals surface area contributed by atoms with Crippen LogP contribution in [0.15, 0.2) is 24.0 Å². The number of thiazole rings is 1. The summed E-state index contributed by atoms with van der Waals surface area (Å²) in [5.74, 6) is 0.920. The minimum Gasteiger partial charge on any atom is -0.361 e. The average molecular weight is 289 g/mol. The van der Waals surface area contributed by atoms with Crippen molar-refractivity contribution in [2.24, 2.45) is 0 Å². The van der Waals surface area contributed by atoms with Crippen molar-refractivity contribution >= 4 is 17.2 Å². The van der Waals surface area contributed by atoms with Crippen LogP contribution in [0, 0.1) is 0 Å². The highest BCUT2D eigenvalue weighted by Crippen LogP contribution is 2.32. The molecule has 1 aliphatic heterocycles. The number of nitrogens with zero attached hydrogens (tertiary/aromatic N) is 5. The van der Waals surface area contributed by atoms with E-state index in [-0.39, 0.29) is 0 Å². The summed E-state index contributed by atoms with van der Waals surface area (Å²) in [6, 6.07) is 0.367. The molecule has 1 saturated heterocycles. The second-order valence-electron chi connectivity index (χ2n) is 5.25. The quantitative estimate of drug-likeness (QED) is 0.864.